The fourth-order valence-corrected chi connectivity index (χ4v) is 2.59. The molecule has 0 aromatic heterocycles. The molecule has 3 N–H and O–H groups in total. The number of hydrogen-bond acceptors (Lipinski definition) is 3. The molecule has 0 aliphatic carbocycles. The van der Waals surface area contributed by atoms with E-state index in [4.69, 9.17) is 5.73 Å². The van der Waals surface area contributed by atoms with Crippen LogP contribution in [0.4, 0.5) is 13.2 Å². The first kappa shape index (κ1) is 19.7. The van der Waals surface area contributed by atoms with Gasteiger partial charge in [0.05, 0.1) is 6.54 Å². The molecule has 1 heterocycles. The highest BCUT2D eigenvalue weighted by molar-refractivity contribution is 5.85. The number of hydrogen-bond donors (Lipinski definition) is 2. The van der Waals surface area contributed by atoms with Crippen molar-refractivity contribution in [1.29, 1.82) is 0 Å². The smallest absolute Gasteiger partial charge is 0.352 e. The van der Waals surface area contributed by atoms with Gasteiger partial charge in [0, 0.05) is 19.1 Å². The molecule has 0 radical (unpaired) electrons. The van der Waals surface area contributed by atoms with Crippen molar-refractivity contribution in [3.63, 3.8) is 0 Å². The molecule has 1 aliphatic heterocycles. The molecule has 1 atom stereocenters. The first-order valence-corrected chi connectivity index (χ1v) is 7.25. The molecular formula is C15H21ClF3N3O. The van der Waals surface area contributed by atoms with E-state index in [1.165, 1.54) is 4.90 Å². The van der Waals surface area contributed by atoms with E-state index in [-0.39, 0.29) is 24.4 Å². The van der Waals surface area contributed by atoms with Crippen LogP contribution in [0.25, 0.3) is 0 Å². The van der Waals surface area contributed by atoms with Crippen LogP contribution in [0, 0.1) is 0 Å². The van der Waals surface area contributed by atoms with Crippen molar-refractivity contribution >= 4 is 18.3 Å². The van der Waals surface area contributed by atoms with Crippen molar-refractivity contribution < 1.29 is 18.0 Å². The topological polar surface area (TPSA) is 58.4 Å². The minimum absolute atomic E-state index is 0. The Morgan fingerprint density at radius 3 is 2.35 bits per heavy atom. The molecule has 23 heavy (non-hydrogen) atoms. The molecule has 8 heteroatoms. The van der Waals surface area contributed by atoms with Gasteiger partial charge >= 0.3 is 6.18 Å². The summed E-state index contributed by atoms with van der Waals surface area (Å²) < 4.78 is 36.9. The number of amides is 1. The molecule has 2 rings (SSSR count). The van der Waals surface area contributed by atoms with Gasteiger partial charge in [0.1, 0.15) is 6.04 Å². The number of nitrogens with two attached hydrogens (primary N) is 1. The van der Waals surface area contributed by atoms with Crippen molar-refractivity contribution in [2.24, 2.45) is 5.73 Å². The molecule has 0 bridgehead atoms. The lowest BCUT2D eigenvalue weighted by molar-refractivity contribution is -0.148. The molecule has 1 fully saturated rings. The zero-order valence-corrected chi connectivity index (χ0v) is 13.4. The number of carbonyl (C=O) groups excluding carboxylic acids is 1. The Balaban J connectivity index is 0.00000264. The predicted octanol–water partition coefficient (Wildman–Crippen LogP) is 2.25. The molecular weight excluding hydrogens is 331 g/mol. The van der Waals surface area contributed by atoms with Crippen LogP contribution in [0.1, 0.15) is 24.4 Å². The third kappa shape index (κ3) is 6.37. The van der Waals surface area contributed by atoms with Crippen LogP contribution < -0.4 is 11.1 Å². The standard InChI is InChI=1S/C15H20F3N3O.ClH/c16-15(17,18)10-21-8-6-12(7-9-21)20-14(22)13(19)11-4-2-1-3-5-11;/h1-5,12-13H,6-10,19H2,(H,20,22);1H. The third-order valence-electron chi connectivity index (χ3n) is 3.78. The maximum Gasteiger partial charge on any atom is 0.401 e. The molecule has 1 amide bonds. The molecule has 1 aliphatic rings. The number of halogens is 4. The average Bonchev–Trinajstić information content (AvgIpc) is 2.48. The number of nitrogens with zero attached hydrogens (tertiary/aromatic N) is 1. The van der Waals surface area contributed by atoms with Gasteiger partial charge in [-0.15, -0.1) is 12.4 Å². The Labute approximate surface area is 139 Å². The molecule has 1 aromatic rings. The Morgan fingerprint density at radius 1 is 1.26 bits per heavy atom. The van der Waals surface area contributed by atoms with Gasteiger partial charge in [0.2, 0.25) is 5.91 Å². The van der Waals surface area contributed by atoms with Gasteiger partial charge in [-0.3, -0.25) is 9.69 Å². The summed E-state index contributed by atoms with van der Waals surface area (Å²) in [5.74, 6) is -0.291. The van der Waals surface area contributed by atoms with Gasteiger partial charge < -0.3 is 11.1 Å². The van der Waals surface area contributed by atoms with E-state index in [2.05, 4.69) is 5.32 Å². The van der Waals surface area contributed by atoms with Crippen LogP contribution in [-0.2, 0) is 4.79 Å². The van der Waals surface area contributed by atoms with Crippen molar-refractivity contribution in [3.05, 3.63) is 35.9 Å². The highest BCUT2D eigenvalue weighted by atomic mass is 35.5. The van der Waals surface area contributed by atoms with Gasteiger partial charge in [0.25, 0.3) is 0 Å². The number of piperidine rings is 1. The fraction of sp³-hybridized carbons (Fsp3) is 0.533. The first-order valence-electron chi connectivity index (χ1n) is 7.25. The lowest BCUT2D eigenvalue weighted by Gasteiger charge is -2.33. The normalized spacial score (nSPS) is 18.1. The SMILES string of the molecule is Cl.NC(C(=O)NC1CCN(CC(F)(F)F)CC1)c1ccccc1. The second kappa shape index (κ2) is 8.52. The first-order chi connectivity index (χ1) is 10.3. The van der Waals surface area contributed by atoms with E-state index in [9.17, 15) is 18.0 Å². The van der Waals surface area contributed by atoms with Gasteiger partial charge in [-0.05, 0) is 18.4 Å². The van der Waals surface area contributed by atoms with Crippen LogP contribution in [0.15, 0.2) is 30.3 Å². The quantitative estimate of drug-likeness (QED) is 0.874. The van der Waals surface area contributed by atoms with Gasteiger partial charge in [-0.1, -0.05) is 30.3 Å². The second-order valence-electron chi connectivity index (χ2n) is 5.56. The Bertz CT molecular complexity index is 490. The van der Waals surface area contributed by atoms with Crippen molar-refractivity contribution in [3.8, 4) is 0 Å². The summed E-state index contributed by atoms with van der Waals surface area (Å²) in [5.41, 5.74) is 6.61. The highest BCUT2D eigenvalue weighted by Crippen LogP contribution is 2.20. The van der Waals surface area contributed by atoms with E-state index >= 15 is 0 Å². The van der Waals surface area contributed by atoms with Crippen LogP contribution in [0.2, 0.25) is 0 Å². The van der Waals surface area contributed by atoms with E-state index < -0.39 is 18.8 Å². The number of rotatable bonds is 4. The van der Waals surface area contributed by atoms with E-state index in [1.54, 1.807) is 24.3 Å². The van der Waals surface area contributed by atoms with E-state index in [1.807, 2.05) is 6.07 Å². The third-order valence-corrected chi connectivity index (χ3v) is 3.78. The predicted molar refractivity (Wildman–Crippen MR) is 84.3 cm³/mol. The molecule has 4 nitrogen and oxygen atoms in total. The fourth-order valence-electron chi connectivity index (χ4n) is 2.59. The summed E-state index contributed by atoms with van der Waals surface area (Å²) in [6, 6.07) is 8.12. The van der Waals surface area contributed by atoms with Crippen molar-refractivity contribution in [2.75, 3.05) is 19.6 Å². The zero-order chi connectivity index (χ0) is 16.2. The van der Waals surface area contributed by atoms with E-state index in [0.29, 0.717) is 25.9 Å². The summed E-state index contributed by atoms with van der Waals surface area (Å²) in [6.45, 7) is -0.243. The Kier molecular flexibility index (Phi) is 7.31. The minimum atomic E-state index is -4.17. The van der Waals surface area contributed by atoms with Gasteiger partial charge in [-0.2, -0.15) is 13.2 Å². The monoisotopic (exact) mass is 351 g/mol. The van der Waals surface area contributed by atoms with Crippen LogP contribution in [-0.4, -0.2) is 42.7 Å². The Hall–Kier alpha value is -1.31. The molecule has 130 valence electrons. The van der Waals surface area contributed by atoms with Crippen LogP contribution in [0.3, 0.4) is 0 Å². The minimum Gasteiger partial charge on any atom is -0.352 e. The molecule has 1 saturated heterocycles. The average molecular weight is 352 g/mol. The lowest BCUT2D eigenvalue weighted by atomic mass is 10.0. The van der Waals surface area contributed by atoms with Gasteiger partial charge in [0.15, 0.2) is 0 Å². The Morgan fingerprint density at radius 2 is 1.83 bits per heavy atom. The molecule has 1 unspecified atom stereocenters. The number of benzene rings is 1. The van der Waals surface area contributed by atoms with Gasteiger partial charge in [-0.25, -0.2) is 0 Å². The largest absolute Gasteiger partial charge is 0.401 e. The number of carbonyl (C=O) groups is 1. The van der Waals surface area contributed by atoms with Crippen molar-refractivity contribution in [2.45, 2.75) is 31.1 Å². The maximum atomic E-state index is 12.3. The van der Waals surface area contributed by atoms with Crippen molar-refractivity contribution in [1.82, 2.24) is 10.2 Å². The summed E-state index contributed by atoms with van der Waals surface area (Å²) >= 11 is 0. The number of likely N-dealkylation sites (tertiary alicyclic amines) is 1. The van der Waals surface area contributed by atoms with Crippen LogP contribution in [0.5, 0.6) is 0 Å². The molecule has 1 aromatic carbocycles. The highest BCUT2D eigenvalue weighted by Gasteiger charge is 2.33. The number of alkyl halides is 3. The summed E-state index contributed by atoms with van der Waals surface area (Å²) in [6.07, 6.45) is -3.17. The summed E-state index contributed by atoms with van der Waals surface area (Å²) in [5, 5.41) is 2.83. The number of nitrogens with one attached hydrogen (secondary N) is 1. The zero-order valence-electron chi connectivity index (χ0n) is 12.6. The second-order valence-corrected chi connectivity index (χ2v) is 5.56. The molecule has 0 spiro atoms. The molecule has 0 saturated carbocycles. The van der Waals surface area contributed by atoms with Crippen LogP contribution >= 0.6 is 12.4 Å². The summed E-state index contributed by atoms with van der Waals surface area (Å²) in [4.78, 5) is 13.5. The summed E-state index contributed by atoms with van der Waals surface area (Å²) in [7, 11) is 0. The maximum absolute atomic E-state index is 12.3. The lowest BCUT2D eigenvalue weighted by Crippen LogP contribution is -2.48. The van der Waals surface area contributed by atoms with E-state index in [0.717, 1.165) is 5.56 Å².